The van der Waals surface area contributed by atoms with Crippen molar-refractivity contribution in [1.82, 2.24) is 56.8 Å². The number of ether oxygens (including phenoxy) is 2. The first-order valence-corrected chi connectivity index (χ1v) is 28.8. The van der Waals surface area contributed by atoms with Gasteiger partial charge in [0.2, 0.25) is 29.5 Å². The molecular formula is C58H85N13O15. The number of phenolic OH excluding ortho intramolecular Hbond substituents is 1. The fraction of sp³-hybridized carbons (Fsp3) is 0.517. The molecule has 1 saturated heterocycles. The topological polar surface area (TPSA) is 389 Å². The highest BCUT2D eigenvalue weighted by Gasteiger charge is 2.29. The number of rotatable bonds is 35. The minimum absolute atomic E-state index is 0.0394. The molecule has 28 heteroatoms. The van der Waals surface area contributed by atoms with Gasteiger partial charge >= 0.3 is 23.9 Å². The van der Waals surface area contributed by atoms with Crippen molar-refractivity contribution in [1.29, 1.82) is 0 Å². The Hall–Kier alpha value is -8.44. The van der Waals surface area contributed by atoms with Crippen molar-refractivity contribution in [3.63, 3.8) is 0 Å². The second-order valence-electron chi connectivity index (χ2n) is 20.3. The first-order valence-electron chi connectivity index (χ1n) is 28.8. The van der Waals surface area contributed by atoms with Crippen LogP contribution in [0.15, 0.2) is 83.9 Å². The van der Waals surface area contributed by atoms with E-state index in [1.54, 1.807) is 58.0 Å². The summed E-state index contributed by atoms with van der Waals surface area (Å²) in [5.74, 6) is -5.16. The maximum atomic E-state index is 14.4. The van der Waals surface area contributed by atoms with Gasteiger partial charge in [0.05, 0.1) is 51.9 Å². The van der Waals surface area contributed by atoms with Crippen molar-refractivity contribution in [3.8, 4) is 11.5 Å². The molecule has 1 heterocycles. The summed E-state index contributed by atoms with van der Waals surface area (Å²) < 4.78 is 11.7. The highest BCUT2D eigenvalue weighted by molar-refractivity contribution is 5.95. The molecule has 7 amide bonds. The average Bonchev–Trinajstić information content (AvgIpc) is 1.84. The minimum atomic E-state index is -1.05. The average molecular weight is 1200 g/mol. The molecule has 3 aromatic carbocycles. The minimum Gasteiger partial charge on any atom is -0.508 e. The molecule has 1 aliphatic rings. The van der Waals surface area contributed by atoms with Crippen molar-refractivity contribution >= 4 is 59.4 Å². The first-order chi connectivity index (χ1) is 41.4. The van der Waals surface area contributed by atoms with Gasteiger partial charge in [-0.15, -0.1) is 0 Å². The number of aliphatic imine (C=N–C) groups is 1. The number of phenols is 1. The number of guanidine groups is 1. The Labute approximate surface area is 500 Å². The molecule has 13 N–H and O–H groups in total. The van der Waals surface area contributed by atoms with Gasteiger partial charge in [-0.25, -0.2) is 4.79 Å². The maximum Gasteiger partial charge on any atom is 0.321 e. The fourth-order valence-electron chi connectivity index (χ4n) is 8.88. The zero-order chi connectivity index (χ0) is 62.5. The lowest BCUT2D eigenvalue weighted by Gasteiger charge is -2.32. The third-order valence-corrected chi connectivity index (χ3v) is 13.4. The van der Waals surface area contributed by atoms with Crippen LogP contribution in [0.4, 0.5) is 4.79 Å². The number of amides is 7. The number of aromatic hydroxyl groups is 1. The molecule has 1 fully saturated rings. The lowest BCUT2D eigenvalue weighted by Crippen LogP contribution is -2.50. The number of carboxylic acids is 3. The van der Waals surface area contributed by atoms with Crippen LogP contribution in [-0.4, -0.2) is 237 Å². The summed E-state index contributed by atoms with van der Waals surface area (Å²) in [5.41, 5.74) is 7.94. The van der Waals surface area contributed by atoms with Crippen LogP contribution in [0.2, 0.25) is 0 Å². The number of hydrogen-bond donors (Lipinski definition) is 12. The van der Waals surface area contributed by atoms with Gasteiger partial charge in [-0.1, -0.05) is 61.5 Å². The van der Waals surface area contributed by atoms with Crippen LogP contribution in [0, 0.1) is 0 Å². The number of carboxylic acid groups (broad SMARTS) is 3. The number of urea groups is 1. The zero-order valence-electron chi connectivity index (χ0n) is 48.8. The molecule has 0 radical (unpaired) electrons. The summed E-state index contributed by atoms with van der Waals surface area (Å²) in [7, 11) is 0. The number of unbranched alkanes of at least 4 members (excludes halogenated alkanes) is 1. The SMILES string of the molecule is CCC(=O)NCCNC(=O)NC(N)=NCCC[C@@H](NC(=O)C(c1ccccc1)c1cccc(OCCCCNC(=O)CCOCCNC(=O)CN2CCN(CC(=O)O)CCN(CC(=O)O)CCN(CC(=O)O)CC2)c1)C(=O)NCc1ccc(O)cc1. The molecule has 0 aliphatic carbocycles. The molecule has 86 heavy (non-hydrogen) atoms. The number of nitrogens with two attached hydrogens (primary N) is 1. The molecule has 472 valence electrons. The summed E-state index contributed by atoms with van der Waals surface area (Å²) in [6.07, 6.45) is 2.05. The summed E-state index contributed by atoms with van der Waals surface area (Å²) in [4.78, 5) is 123. The van der Waals surface area contributed by atoms with Crippen LogP contribution < -0.4 is 47.7 Å². The number of benzene rings is 3. The molecule has 0 spiro atoms. The Morgan fingerprint density at radius 3 is 1.76 bits per heavy atom. The van der Waals surface area contributed by atoms with Crippen molar-refractivity contribution in [2.75, 3.05) is 131 Å². The number of carbonyl (C=O) groups excluding carboxylic acids is 6. The van der Waals surface area contributed by atoms with Gasteiger partial charge in [0.15, 0.2) is 5.96 Å². The van der Waals surface area contributed by atoms with E-state index in [1.807, 2.05) is 35.2 Å². The highest BCUT2D eigenvalue weighted by Crippen LogP contribution is 2.28. The molecule has 28 nitrogen and oxygen atoms in total. The molecule has 0 saturated carbocycles. The van der Waals surface area contributed by atoms with Gasteiger partial charge in [-0.2, -0.15) is 0 Å². The quantitative estimate of drug-likeness (QED) is 0.0201. The van der Waals surface area contributed by atoms with Crippen LogP contribution >= 0.6 is 0 Å². The van der Waals surface area contributed by atoms with Gasteiger partial charge in [0, 0.05) is 104 Å². The van der Waals surface area contributed by atoms with Crippen LogP contribution in [0.1, 0.15) is 68.1 Å². The van der Waals surface area contributed by atoms with Crippen molar-refractivity contribution < 1.29 is 73.1 Å². The standard InChI is InChI=1S/C58H85N13O15/c1-2-48(73)61-22-23-64-58(84)67-57(59)63-21-9-14-47(55(82)65-37-42-15-17-45(72)18-16-42)66-56(83)54(43-10-4-3-5-11-43)44-12-8-13-46(36-44)86-33-7-6-20-60-49(74)19-34-85-35-24-62-50(75)38-68-25-27-69(39-51(76)77)29-31-71(41-53(80)81)32-30-70(28-26-68)40-52(78)79/h3-5,8,10-13,15-18,36,47,54,72H,2,6-7,9,14,19-35,37-41H2,1H3,(H,60,74)(H,61,73)(H,62,75)(H,65,82)(H,66,83)(H,76,77)(H,78,79)(H,80,81)(H4,59,63,64,67,84)/t47-,54?/m1/s1. The van der Waals surface area contributed by atoms with E-state index >= 15 is 0 Å². The number of hydrogen-bond acceptors (Lipinski definition) is 17. The Kier molecular flexibility index (Phi) is 32.6. The lowest BCUT2D eigenvalue weighted by molar-refractivity contribution is -0.140. The van der Waals surface area contributed by atoms with Crippen LogP contribution in [0.3, 0.4) is 0 Å². The lowest BCUT2D eigenvalue weighted by atomic mass is 9.90. The highest BCUT2D eigenvalue weighted by atomic mass is 16.5. The van der Waals surface area contributed by atoms with E-state index in [0.29, 0.717) is 68.8 Å². The normalized spacial score (nSPS) is 14.6. The van der Waals surface area contributed by atoms with Crippen LogP contribution in [0.25, 0.3) is 0 Å². The number of carbonyl (C=O) groups is 9. The molecule has 4 rings (SSSR count). The predicted molar refractivity (Wildman–Crippen MR) is 317 cm³/mol. The second kappa shape index (κ2) is 40.0. The van der Waals surface area contributed by atoms with Gasteiger partial charge in [-0.05, 0) is 66.6 Å². The Morgan fingerprint density at radius 2 is 1.15 bits per heavy atom. The second-order valence-corrected chi connectivity index (χ2v) is 20.3. The number of nitrogens with one attached hydrogen (secondary N) is 7. The van der Waals surface area contributed by atoms with Crippen molar-refractivity contribution in [2.24, 2.45) is 10.7 Å². The molecular weight excluding hydrogens is 1120 g/mol. The first kappa shape index (κ1) is 70.0. The molecule has 0 aromatic heterocycles. The molecule has 1 aliphatic heterocycles. The smallest absolute Gasteiger partial charge is 0.321 e. The van der Waals surface area contributed by atoms with Gasteiger partial charge in [-0.3, -0.25) is 68.3 Å². The predicted octanol–water partition coefficient (Wildman–Crippen LogP) is -0.481. The monoisotopic (exact) mass is 1200 g/mol. The van der Waals surface area contributed by atoms with E-state index in [4.69, 9.17) is 15.2 Å². The van der Waals surface area contributed by atoms with Gasteiger partial charge in [0.1, 0.15) is 17.5 Å². The maximum absolute atomic E-state index is 14.4. The molecule has 3 aromatic rings. The Balaban J connectivity index is 1.22. The van der Waals surface area contributed by atoms with E-state index < -0.39 is 47.7 Å². The van der Waals surface area contributed by atoms with Crippen molar-refractivity contribution in [3.05, 3.63) is 95.6 Å². The Morgan fingerprint density at radius 1 is 0.581 bits per heavy atom. The van der Waals surface area contributed by atoms with E-state index in [0.717, 1.165) is 5.56 Å². The van der Waals surface area contributed by atoms with Gasteiger partial charge < -0.3 is 67.5 Å². The van der Waals surface area contributed by atoms with Gasteiger partial charge in [0.25, 0.3) is 0 Å². The third-order valence-electron chi connectivity index (χ3n) is 13.4. The summed E-state index contributed by atoms with van der Waals surface area (Å²) >= 11 is 0. The summed E-state index contributed by atoms with van der Waals surface area (Å²) in [5, 5.41) is 57.2. The largest absolute Gasteiger partial charge is 0.508 e. The fourth-order valence-corrected chi connectivity index (χ4v) is 8.88. The van der Waals surface area contributed by atoms with Crippen LogP contribution in [-0.2, 0) is 49.6 Å². The third kappa shape index (κ3) is 29.9. The van der Waals surface area contributed by atoms with E-state index in [2.05, 4.69) is 42.2 Å². The Bertz CT molecular complexity index is 2620. The van der Waals surface area contributed by atoms with Crippen molar-refractivity contribution in [2.45, 2.75) is 64.0 Å². The van der Waals surface area contributed by atoms with E-state index in [9.17, 15) is 63.6 Å². The van der Waals surface area contributed by atoms with E-state index in [-0.39, 0.29) is 154 Å². The zero-order valence-corrected chi connectivity index (χ0v) is 48.8. The number of aliphatic carboxylic acids is 3. The van der Waals surface area contributed by atoms with Crippen LogP contribution in [0.5, 0.6) is 11.5 Å². The van der Waals surface area contributed by atoms with E-state index in [1.165, 1.54) is 12.1 Å². The molecule has 1 unspecified atom stereocenters. The molecule has 2 atom stereocenters. The summed E-state index contributed by atoms with van der Waals surface area (Å²) in [6, 6.07) is 20.9. The number of nitrogens with zero attached hydrogens (tertiary/aromatic N) is 5. The molecule has 0 bridgehead atoms. The summed E-state index contributed by atoms with van der Waals surface area (Å²) in [6.45, 7) is 4.83.